The second-order valence-electron chi connectivity index (χ2n) is 3.00. The van der Waals surface area contributed by atoms with Crippen LogP contribution in [0, 0.1) is 0 Å². The summed E-state index contributed by atoms with van der Waals surface area (Å²) < 4.78 is 5.99. The second-order valence-corrected chi connectivity index (χ2v) is 10.0. The molecule has 1 atom stereocenters. The molecule has 76 valence electrons. The minimum atomic E-state index is -1.29. The first-order valence-electron chi connectivity index (χ1n) is 4.36. The summed E-state index contributed by atoms with van der Waals surface area (Å²) in [6.45, 7) is 0.425. The van der Waals surface area contributed by atoms with Crippen molar-refractivity contribution in [2.24, 2.45) is 0 Å². The Morgan fingerprint density at radius 2 is 2.43 bits per heavy atom. The number of nitrogens with one attached hydrogen (secondary N) is 1. The average molecular weight is 407 g/mol. The van der Waals surface area contributed by atoms with E-state index < -0.39 is 23.3 Å². The molecule has 0 aromatic carbocycles. The van der Waals surface area contributed by atoms with Crippen LogP contribution in [-0.2, 0) is 32.9 Å². The number of methoxy groups -OCH3 is 1. The molecule has 5 nitrogen and oxygen atoms in total. The summed E-state index contributed by atoms with van der Waals surface area (Å²) in [6, 6.07) is -0.330. The van der Waals surface area contributed by atoms with E-state index in [4.69, 9.17) is 13.0 Å². The standard InChI is InChI=1S/C7H11N2O3.ClH.Hg/c1-5(12-2)4-9-6(10)3-8-7(9)11;;/h5H,1,3-4H2,2H3,(H,8,11);1H;/q;;+1/p-1. The molecule has 7 heteroatoms. The van der Waals surface area contributed by atoms with Gasteiger partial charge in [-0.2, -0.15) is 0 Å². The van der Waals surface area contributed by atoms with Crippen molar-refractivity contribution in [3.8, 4) is 0 Å². The van der Waals surface area contributed by atoms with E-state index in [-0.39, 0.29) is 24.6 Å². The molecular weight excluding hydrogens is 396 g/mol. The number of carbonyl (C=O) groups is 2. The Kier molecular flexibility index (Phi) is 5.12. The summed E-state index contributed by atoms with van der Waals surface area (Å²) in [5, 5.41) is 2.46. The Bertz CT molecular complexity index is 223. The summed E-state index contributed by atoms with van der Waals surface area (Å²) in [5.41, 5.74) is 0. The quantitative estimate of drug-likeness (QED) is 0.524. The predicted molar refractivity (Wildman–Crippen MR) is 46.6 cm³/mol. The van der Waals surface area contributed by atoms with Crippen LogP contribution in [0.4, 0.5) is 4.79 Å². The predicted octanol–water partition coefficient (Wildman–Crippen LogP) is 0.208. The number of hydrogen-bond acceptors (Lipinski definition) is 3. The Labute approximate surface area is 98.0 Å². The van der Waals surface area contributed by atoms with Gasteiger partial charge in [-0.05, 0) is 0 Å². The first kappa shape index (κ1) is 12.2. The number of carbonyl (C=O) groups excluding carboxylic acids is 2. The Morgan fingerprint density at radius 1 is 1.71 bits per heavy atom. The van der Waals surface area contributed by atoms with Crippen molar-refractivity contribution in [3.05, 3.63) is 0 Å². The van der Waals surface area contributed by atoms with E-state index in [1.54, 1.807) is 7.11 Å². The molecule has 0 aromatic rings. The monoisotopic (exact) mass is 408 g/mol. The maximum absolute atomic E-state index is 11.2. The summed E-state index contributed by atoms with van der Waals surface area (Å²) >= 11 is -1.29. The van der Waals surface area contributed by atoms with Gasteiger partial charge < -0.3 is 0 Å². The van der Waals surface area contributed by atoms with Gasteiger partial charge in [-0.25, -0.2) is 0 Å². The van der Waals surface area contributed by atoms with Crippen LogP contribution in [0.1, 0.15) is 0 Å². The third kappa shape index (κ3) is 3.07. The Balaban J connectivity index is 2.48. The van der Waals surface area contributed by atoms with Crippen molar-refractivity contribution in [2.45, 2.75) is 10.0 Å². The van der Waals surface area contributed by atoms with Crippen molar-refractivity contribution >= 4 is 20.2 Å². The van der Waals surface area contributed by atoms with Gasteiger partial charge in [0.15, 0.2) is 0 Å². The van der Waals surface area contributed by atoms with Gasteiger partial charge in [0.25, 0.3) is 0 Å². The molecule has 0 bridgehead atoms. The third-order valence-electron chi connectivity index (χ3n) is 2.09. The van der Waals surface area contributed by atoms with Crippen molar-refractivity contribution in [3.63, 3.8) is 0 Å². The molecule has 0 radical (unpaired) electrons. The Hall–Kier alpha value is 0.125. The summed E-state index contributed by atoms with van der Waals surface area (Å²) in [7, 11) is 7.34. The van der Waals surface area contributed by atoms with E-state index in [1.165, 1.54) is 4.90 Å². The van der Waals surface area contributed by atoms with Crippen LogP contribution in [0.5, 0.6) is 0 Å². The van der Waals surface area contributed by atoms with E-state index in [9.17, 15) is 9.59 Å². The maximum atomic E-state index is 11.2. The van der Waals surface area contributed by atoms with Crippen molar-refractivity contribution in [1.82, 2.24) is 10.2 Å². The fourth-order valence-corrected chi connectivity index (χ4v) is 5.96. The van der Waals surface area contributed by atoms with E-state index in [0.717, 1.165) is 3.93 Å². The molecule has 1 aliphatic rings. The van der Waals surface area contributed by atoms with Gasteiger partial charge in [0.1, 0.15) is 0 Å². The first-order valence-corrected chi connectivity index (χ1v) is 15.0. The van der Waals surface area contributed by atoms with Gasteiger partial charge >= 0.3 is 98.3 Å². The average Bonchev–Trinajstić information content (AvgIpc) is 2.48. The van der Waals surface area contributed by atoms with Gasteiger partial charge in [0.05, 0.1) is 0 Å². The molecule has 1 N–H and O–H groups in total. The van der Waals surface area contributed by atoms with Gasteiger partial charge in [0, 0.05) is 0 Å². The first-order chi connectivity index (χ1) is 6.69. The van der Waals surface area contributed by atoms with Gasteiger partial charge in [-0.3, -0.25) is 0 Å². The minimum absolute atomic E-state index is 0.0815. The van der Waals surface area contributed by atoms with Crippen LogP contribution in [0.15, 0.2) is 0 Å². The zero-order valence-electron chi connectivity index (χ0n) is 7.96. The second kappa shape index (κ2) is 5.87. The number of nitrogens with zero attached hydrogens (tertiary/aromatic N) is 1. The fourth-order valence-electron chi connectivity index (χ4n) is 1.25. The molecule has 1 fully saturated rings. The molecule has 0 saturated carbocycles. The van der Waals surface area contributed by atoms with Gasteiger partial charge in [0.2, 0.25) is 0 Å². The van der Waals surface area contributed by atoms with Gasteiger partial charge in [-0.1, -0.05) is 0 Å². The molecule has 1 heterocycles. The summed E-state index contributed by atoms with van der Waals surface area (Å²) in [4.78, 5) is 23.6. The molecule has 0 spiro atoms. The van der Waals surface area contributed by atoms with Crippen LogP contribution in [0.25, 0.3) is 0 Å². The number of imide groups is 1. The molecule has 1 saturated heterocycles. The molecule has 1 unspecified atom stereocenters. The van der Waals surface area contributed by atoms with Crippen LogP contribution < -0.4 is 5.32 Å². The van der Waals surface area contributed by atoms with Crippen LogP contribution in [-0.4, -0.2) is 43.1 Å². The number of hydrogen-bond donors (Lipinski definition) is 1. The zero-order valence-corrected chi connectivity index (χ0v) is 14.2. The van der Waals surface area contributed by atoms with Crippen LogP contribution in [0.2, 0.25) is 3.93 Å². The number of amides is 3. The number of urea groups is 1. The normalized spacial score (nSPS) is 18.0. The number of rotatable bonds is 5. The zero-order chi connectivity index (χ0) is 10.6. The van der Waals surface area contributed by atoms with Crippen molar-refractivity contribution in [2.75, 3.05) is 20.2 Å². The molecule has 14 heavy (non-hydrogen) atoms. The van der Waals surface area contributed by atoms with Crippen molar-refractivity contribution < 1.29 is 37.7 Å². The number of halogens is 1. The summed E-state index contributed by atoms with van der Waals surface area (Å²) in [5.74, 6) is -0.191. The fraction of sp³-hybridized carbons (Fsp3) is 0.714. The van der Waals surface area contributed by atoms with E-state index >= 15 is 0 Å². The van der Waals surface area contributed by atoms with Crippen LogP contribution in [0.3, 0.4) is 0 Å². The van der Waals surface area contributed by atoms with Gasteiger partial charge in [-0.15, -0.1) is 0 Å². The third-order valence-corrected chi connectivity index (χ3v) is 7.35. The SMILES string of the molecule is COC([CH2][Hg][Cl])CN1C(=O)CNC1=O. The molecule has 3 amide bonds. The molecule has 1 rings (SSSR count). The molecule has 1 aliphatic heterocycles. The number of ether oxygens (including phenoxy) is 1. The van der Waals surface area contributed by atoms with Crippen molar-refractivity contribution in [1.29, 1.82) is 0 Å². The van der Waals surface area contributed by atoms with Crippen LogP contribution >= 0.6 is 8.25 Å². The Morgan fingerprint density at radius 3 is 2.86 bits per heavy atom. The van der Waals surface area contributed by atoms with E-state index in [2.05, 4.69) is 5.32 Å². The molecular formula is C7H11ClHgN2O3. The summed E-state index contributed by atoms with van der Waals surface area (Å²) in [6.07, 6.45) is -0.0815. The van der Waals surface area contributed by atoms with E-state index in [0.29, 0.717) is 6.54 Å². The molecule has 0 aliphatic carbocycles. The molecule has 0 aromatic heterocycles. The topological polar surface area (TPSA) is 58.6 Å². The van der Waals surface area contributed by atoms with E-state index in [1.807, 2.05) is 0 Å².